The summed E-state index contributed by atoms with van der Waals surface area (Å²) in [4.78, 5) is 9.79. The highest BCUT2D eigenvalue weighted by Gasteiger charge is 2.34. The fourth-order valence-corrected chi connectivity index (χ4v) is 1.66. The zero-order valence-electron chi connectivity index (χ0n) is 10.4. The van der Waals surface area contributed by atoms with Gasteiger partial charge in [0, 0.05) is 12.6 Å². The van der Waals surface area contributed by atoms with Crippen LogP contribution in [0, 0.1) is 10.1 Å². The van der Waals surface area contributed by atoms with Gasteiger partial charge in [0.05, 0.1) is 22.2 Å². The van der Waals surface area contributed by atoms with Crippen LogP contribution in [0.25, 0.3) is 0 Å². The molecule has 0 saturated carbocycles. The minimum Gasteiger partial charge on any atom is -0.389 e. The first-order valence-corrected chi connectivity index (χ1v) is 5.54. The van der Waals surface area contributed by atoms with Crippen LogP contribution in [0.5, 0.6) is 0 Å². The maximum atomic E-state index is 12.5. The average Bonchev–Trinajstić information content (AvgIpc) is 2.36. The van der Waals surface area contributed by atoms with E-state index in [1.165, 1.54) is 7.05 Å². The van der Waals surface area contributed by atoms with Crippen molar-refractivity contribution in [2.24, 2.45) is 0 Å². The summed E-state index contributed by atoms with van der Waals surface area (Å²) < 4.78 is 37.5. The number of aliphatic hydroxyl groups excluding tert-OH is 2. The van der Waals surface area contributed by atoms with Crippen LogP contribution in [0.1, 0.15) is 17.2 Å². The van der Waals surface area contributed by atoms with Crippen LogP contribution in [0.15, 0.2) is 18.2 Å². The lowest BCUT2D eigenvalue weighted by atomic mass is 10.00. The smallest absolute Gasteiger partial charge is 0.389 e. The third-order valence-electron chi connectivity index (χ3n) is 2.65. The highest BCUT2D eigenvalue weighted by atomic mass is 19.4. The summed E-state index contributed by atoms with van der Waals surface area (Å²) in [6, 6.07) is 1.76. The van der Waals surface area contributed by atoms with Crippen molar-refractivity contribution in [3.63, 3.8) is 0 Å². The number of benzene rings is 1. The number of alkyl halides is 3. The molecule has 0 fully saturated rings. The normalized spacial score (nSPS) is 14.9. The molecule has 0 aliphatic rings. The van der Waals surface area contributed by atoms with E-state index in [1.807, 2.05) is 0 Å². The molecule has 9 heteroatoms. The van der Waals surface area contributed by atoms with Crippen LogP contribution in [0.2, 0.25) is 0 Å². The Morgan fingerprint density at radius 1 is 1.40 bits per heavy atom. The van der Waals surface area contributed by atoms with Crippen LogP contribution < -0.4 is 5.32 Å². The number of nitro groups is 1. The standard InChI is InChI=1S/C11H13F3N2O4/c1-15-5-9(17)10(18)7-3-2-6(11(12,13)14)4-8(7)16(19)20/h2-4,9-10,15,17-18H,5H2,1H3. The van der Waals surface area contributed by atoms with Crippen molar-refractivity contribution in [2.75, 3.05) is 13.6 Å². The molecule has 0 heterocycles. The number of rotatable bonds is 5. The zero-order chi connectivity index (χ0) is 15.5. The maximum absolute atomic E-state index is 12.5. The topological polar surface area (TPSA) is 95.6 Å². The highest BCUT2D eigenvalue weighted by Crippen LogP contribution is 2.35. The van der Waals surface area contributed by atoms with Gasteiger partial charge in [0.1, 0.15) is 6.10 Å². The second kappa shape index (κ2) is 6.16. The molecule has 0 saturated heterocycles. The van der Waals surface area contributed by atoms with Gasteiger partial charge in [-0.15, -0.1) is 0 Å². The molecule has 1 aromatic carbocycles. The van der Waals surface area contributed by atoms with Crippen molar-refractivity contribution in [1.29, 1.82) is 0 Å². The average molecular weight is 294 g/mol. The van der Waals surface area contributed by atoms with Gasteiger partial charge in [-0.2, -0.15) is 13.2 Å². The van der Waals surface area contributed by atoms with Crippen LogP contribution in [-0.2, 0) is 6.18 Å². The lowest BCUT2D eigenvalue weighted by Crippen LogP contribution is -2.30. The SMILES string of the molecule is CNCC(O)C(O)c1ccc(C(F)(F)F)cc1[N+](=O)[O-]. The van der Waals surface area contributed by atoms with Crippen molar-refractivity contribution < 1.29 is 28.3 Å². The quantitative estimate of drug-likeness (QED) is 0.560. The Labute approximate surface area is 112 Å². The number of likely N-dealkylation sites (N-methyl/N-ethyl adjacent to an activating group) is 1. The molecule has 0 aromatic heterocycles. The third-order valence-corrected chi connectivity index (χ3v) is 2.65. The summed E-state index contributed by atoms with van der Waals surface area (Å²) in [6.45, 7) is -0.0701. The molecule has 0 radical (unpaired) electrons. The van der Waals surface area contributed by atoms with Crippen molar-refractivity contribution >= 4 is 5.69 Å². The molecule has 0 amide bonds. The molecule has 20 heavy (non-hydrogen) atoms. The van der Waals surface area contributed by atoms with Crippen LogP contribution in [-0.4, -0.2) is 34.8 Å². The van der Waals surface area contributed by atoms with E-state index in [0.717, 1.165) is 6.07 Å². The fourth-order valence-electron chi connectivity index (χ4n) is 1.66. The Kier molecular flexibility index (Phi) is 5.03. The van der Waals surface area contributed by atoms with Crippen molar-refractivity contribution in [3.05, 3.63) is 39.4 Å². The first kappa shape index (κ1) is 16.3. The number of hydrogen-bond acceptors (Lipinski definition) is 5. The van der Waals surface area contributed by atoms with Crippen LogP contribution in [0.3, 0.4) is 0 Å². The minimum absolute atomic E-state index is 0.0701. The van der Waals surface area contributed by atoms with E-state index >= 15 is 0 Å². The van der Waals surface area contributed by atoms with Gasteiger partial charge < -0.3 is 15.5 Å². The third kappa shape index (κ3) is 3.65. The number of aliphatic hydroxyl groups is 2. The molecule has 112 valence electrons. The molecule has 3 N–H and O–H groups in total. The second-order valence-corrected chi connectivity index (χ2v) is 4.10. The molecule has 2 unspecified atom stereocenters. The summed E-state index contributed by atoms with van der Waals surface area (Å²) in [7, 11) is 1.48. The van der Waals surface area contributed by atoms with Gasteiger partial charge in [-0.1, -0.05) is 0 Å². The van der Waals surface area contributed by atoms with Gasteiger partial charge in [-0.25, -0.2) is 0 Å². The molecular weight excluding hydrogens is 281 g/mol. The summed E-state index contributed by atoms with van der Waals surface area (Å²) in [6.07, 6.45) is -7.77. The van der Waals surface area contributed by atoms with E-state index in [1.54, 1.807) is 0 Å². The number of nitro benzene ring substituents is 1. The summed E-state index contributed by atoms with van der Waals surface area (Å²) in [5.74, 6) is 0. The van der Waals surface area contributed by atoms with Gasteiger partial charge in [0.15, 0.2) is 0 Å². The molecule has 2 atom stereocenters. The molecule has 6 nitrogen and oxygen atoms in total. The van der Waals surface area contributed by atoms with E-state index < -0.39 is 34.6 Å². The van der Waals surface area contributed by atoms with Gasteiger partial charge in [0.25, 0.3) is 5.69 Å². The Balaban J connectivity index is 3.24. The van der Waals surface area contributed by atoms with E-state index in [2.05, 4.69) is 5.32 Å². The van der Waals surface area contributed by atoms with E-state index in [9.17, 15) is 33.5 Å². The first-order chi connectivity index (χ1) is 9.18. The number of halogens is 3. The Bertz CT molecular complexity index is 493. The second-order valence-electron chi connectivity index (χ2n) is 4.10. The monoisotopic (exact) mass is 294 g/mol. The number of nitrogens with zero attached hydrogens (tertiary/aromatic N) is 1. The molecule has 1 rings (SSSR count). The summed E-state index contributed by atoms with van der Waals surface area (Å²) in [5, 5.41) is 32.7. The van der Waals surface area contributed by atoms with Crippen molar-refractivity contribution in [1.82, 2.24) is 5.32 Å². The van der Waals surface area contributed by atoms with E-state index in [-0.39, 0.29) is 12.1 Å². The maximum Gasteiger partial charge on any atom is 0.416 e. The predicted molar refractivity (Wildman–Crippen MR) is 63.0 cm³/mol. The molecule has 0 aliphatic heterocycles. The zero-order valence-corrected chi connectivity index (χ0v) is 10.4. The van der Waals surface area contributed by atoms with Crippen molar-refractivity contribution in [2.45, 2.75) is 18.4 Å². The lowest BCUT2D eigenvalue weighted by molar-refractivity contribution is -0.386. The van der Waals surface area contributed by atoms with Gasteiger partial charge in [-0.05, 0) is 19.2 Å². The summed E-state index contributed by atoms with van der Waals surface area (Å²) >= 11 is 0. The molecule has 0 spiro atoms. The van der Waals surface area contributed by atoms with E-state index in [4.69, 9.17) is 0 Å². The van der Waals surface area contributed by atoms with Crippen molar-refractivity contribution in [3.8, 4) is 0 Å². The first-order valence-electron chi connectivity index (χ1n) is 5.54. The number of hydrogen-bond donors (Lipinski definition) is 3. The Morgan fingerprint density at radius 2 is 2.00 bits per heavy atom. The van der Waals surface area contributed by atoms with Gasteiger partial charge in [0.2, 0.25) is 0 Å². The van der Waals surface area contributed by atoms with E-state index in [0.29, 0.717) is 12.1 Å². The van der Waals surface area contributed by atoms with Gasteiger partial charge in [-0.3, -0.25) is 10.1 Å². The van der Waals surface area contributed by atoms with Gasteiger partial charge >= 0.3 is 6.18 Å². The predicted octanol–water partition coefficient (Wildman–Crippen LogP) is 1.23. The summed E-state index contributed by atoms with van der Waals surface area (Å²) in [5.41, 5.74) is -2.45. The highest BCUT2D eigenvalue weighted by molar-refractivity contribution is 5.45. The Morgan fingerprint density at radius 3 is 2.45 bits per heavy atom. The molecule has 1 aromatic rings. The van der Waals surface area contributed by atoms with Crippen LogP contribution in [0.4, 0.5) is 18.9 Å². The van der Waals surface area contributed by atoms with Crippen LogP contribution >= 0.6 is 0 Å². The molecule has 0 aliphatic carbocycles. The Hall–Kier alpha value is -1.71. The fraction of sp³-hybridized carbons (Fsp3) is 0.455. The molecule has 0 bridgehead atoms. The number of nitrogens with one attached hydrogen (secondary N) is 1. The lowest BCUT2D eigenvalue weighted by Gasteiger charge is -2.18. The molecular formula is C11H13F3N2O4. The largest absolute Gasteiger partial charge is 0.416 e. The minimum atomic E-state index is -4.72.